The number of rotatable bonds is 3. The molecule has 0 aliphatic heterocycles. The molecule has 0 saturated carbocycles. The number of hydrogen-bond donors (Lipinski definition) is 3. The van der Waals surface area contributed by atoms with Gasteiger partial charge in [0.05, 0.1) is 6.42 Å². The molecule has 2 aromatic carbocycles. The van der Waals surface area contributed by atoms with E-state index >= 15 is 0 Å². The first-order valence-electron chi connectivity index (χ1n) is 5.27. The van der Waals surface area contributed by atoms with Gasteiger partial charge in [0.2, 0.25) is 0 Å². The van der Waals surface area contributed by atoms with Gasteiger partial charge in [0.1, 0.15) is 5.75 Å². The minimum Gasteiger partial charge on any atom is -0.507 e. The zero-order chi connectivity index (χ0) is 12.4. The molecule has 0 amide bonds. The van der Waals surface area contributed by atoms with E-state index in [0.29, 0.717) is 5.39 Å². The van der Waals surface area contributed by atoms with Crippen LogP contribution in [0, 0.1) is 0 Å². The van der Waals surface area contributed by atoms with Crippen LogP contribution in [0.1, 0.15) is 18.0 Å². The summed E-state index contributed by atoms with van der Waals surface area (Å²) < 4.78 is 0. The second-order valence-corrected chi connectivity index (χ2v) is 3.92. The van der Waals surface area contributed by atoms with Crippen molar-refractivity contribution in [2.24, 2.45) is 5.73 Å². The topological polar surface area (TPSA) is 83.6 Å². The van der Waals surface area contributed by atoms with E-state index < -0.39 is 12.0 Å². The van der Waals surface area contributed by atoms with Crippen LogP contribution in [0.2, 0.25) is 0 Å². The van der Waals surface area contributed by atoms with Gasteiger partial charge in [-0.1, -0.05) is 30.3 Å². The molecule has 0 spiro atoms. The van der Waals surface area contributed by atoms with E-state index in [0.717, 1.165) is 10.9 Å². The first-order valence-corrected chi connectivity index (χ1v) is 5.27. The van der Waals surface area contributed by atoms with Crippen molar-refractivity contribution in [3.05, 3.63) is 42.0 Å². The fourth-order valence-electron chi connectivity index (χ4n) is 1.93. The number of nitrogens with two attached hydrogens (primary N) is 1. The number of hydrogen-bond acceptors (Lipinski definition) is 3. The molecule has 4 heteroatoms. The van der Waals surface area contributed by atoms with Crippen LogP contribution in [0.25, 0.3) is 10.8 Å². The third-order valence-corrected chi connectivity index (χ3v) is 2.73. The Bertz CT molecular complexity index is 566. The van der Waals surface area contributed by atoms with Crippen LogP contribution in [-0.4, -0.2) is 16.2 Å². The molecular weight excluding hydrogens is 218 g/mol. The Morgan fingerprint density at radius 2 is 1.82 bits per heavy atom. The molecule has 1 atom stereocenters. The summed E-state index contributed by atoms with van der Waals surface area (Å²) in [6.07, 6.45) is -0.130. The summed E-state index contributed by atoms with van der Waals surface area (Å²) in [5.41, 5.74) is 6.59. The molecule has 17 heavy (non-hydrogen) atoms. The second kappa shape index (κ2) is 4.43. The lowest BCUT2D eigenvalue weighted by molar-refractivity contribution is -0.137. The fourth-order valence-corrected chi connectivity index (χ4v) is 1.93. The van der Waals surface area contributed by atoms with Crippen molar-refractivity contribution in [2.45, 2.75) is 12.5 Å². The number of fused-ring (bicyclic) bond motifs is 1. The summed E-state index contributed by atoms with van der Waals surface area (Å²) in [5.74, 6) is -0.762. The van der Waals surface area contributed by atoms with E-state index in [2.05, 4.69) is 0 Å². The third-order valence-electron chi connectivity index (χ3n) is 2.73. The molecule has 0 radical (unpaired) electrons. The highest BCUT2D eigenvalue weighted by Gasteiger charge is 2.14. The molecule has 0 aliphatic carbocycles. The highest BCUT2D eigenvalue weighted by molar-refractivity contribution is 5.91. The zero-order valence-electron chi connectivity index (χ0n) is 9.13. The first-order chi connectivity index (χ1) is 8.09. The summed E-state index contributed by atoms with van der Waals surface area (Å²) in [6.45, 7) is 0. The first kappa shape index (κ1) is 11.4. The van der Waals surface area contributed by atoms with Gasteiger partial charge in [-0.05, 0) is 17.0 Å². The van der Waals surface area contributed by atoms with E-state index in [-0.39, 0.29) is 12.2 Å². The fraction of sp³-hybridized carbons (Fsp3) is 0.154. The maximum atomic E-state index is 10.7. The Morgan fingerprint density at radius 1 is 1.18 bits per heavy atom. The molecule has 0 heterocycles. The minimum atomic E-state index is -0.936. The average Bonchev–Trinajstić information content (AvgIpc) is 2.29. The number of phenolic OH excluding ortho intramolecular Hbond substituents is 1. The molecule has 88 valence electrons. The SMILES string of the molecule is NC(CC(=O)O)c1ccc(O)c2ccccc12. The highest BCUT2D eigenvalue weighted by Crippen LogP contribution is 2.30. The number of aromatic hydroxyl groups is 1. The molecular formula is C13H13NO3. The van der Waals surface area contributed by atoms with Gasteiger partial charge < -0.3 is 15.9 Å². The Balaban J connectivity index is 2.55. The number of carboxylic acid groups (broad SMARTS) is 1. The molecule has 2 rings (SSSR count). The van der Waals surface area contributed by atoms with Crippen LogP contribution in [0.4, 0.5) is 0 Å². The second-order valence-electron chi connectivity index (χ2n) is 3.92. The van der Waals surface area contributed by atoms with Gasteiger partial charge in [0.15, 0.2) is 0 Å². The van der Waals surface area contributed by atoms with Crippen LogP contribution in [0.3, 0.4) is 0 Å². The Kier molecular flexibility index (Phi) is 2.97. The van der Waals surface area contributed by atoms with E-state index in [1.54, 1.807) is 18.2 Å². The zero-order valence-corrected chi connectivity index (χ0v) is 9.13. The molecule has 1 unspecified atom stereocenters. The van der Waals surface area contributed by atoms with Gasteiger partial charge in [0, 0.05) is 11.4 Å². The predicted molar refractivity (Wildman–Crippen MR) is 64.8 cm³/mol. The van der Waals surface area contributed by atoms with E-state index in [1.165, 1.54) is 0 Å². The predicted octanol–water partition coefficient (Wildman–Crippen LogP) is 2.02. The van der Waals surface area contributed by atoms with Crippen LogP contribution in [0.15, 0.2) is 36.4 Å². The largest absolute Gasteiger partial charge is 0.507 e. The van der Waals surface area contributed by atoms with Crippen LogP contribution in [-0.2, 0) is 4.79 Å². The lowest BCUT2D eigenvalue weighted by atomic mass is 9.97. The average molecular weight is 231 g/mol. The molecule has 0 saturated heterocycles. The van der Waals surface area contributed by atoms with Gasteiger partial charge in [-0.25, -0.2) is 0 Å². The van der Waals surface area contributed by atoms with E-state index in [9.17, 15) is 9.90 Å². The Hall–Kier alpha value is -2.07. The lowest BCUT2D eigenvalue weighted by Crippen LogP contribution is -2.15. The van der Waals surface area contributed by atoms with Gasteiger partial charge in [-0.3, -0.25) is 4.79 Å². The lowest BCUT2D eigenvalue weighted by Gasteiger charge is -2.13. The molecule has 2 aromatic rings. The van der Waals surface area contributed by atoms with Crippen LogP contribution in [0.5, 0.6) is 5.75 Å². The van der Waals surface area contributed by atoms with Crippen LogP contribution < -0.4 is 5.73 Å². The Morgan fingerprint density at radius 3 is 2.47 bits per heavy atom. The minimum absolute atomic E-state index is 0.130. The van der Waals surface area contributed by atoms with Crippen LogP contribution >= 0.6 is 0 Å². The summed E-state index contributed by atoms with van der Waals surface area (Å²) >= 11 is 0. The molecule has 4 N–H and O–H groups in total. The standard InChI is InChI=1S/C13H13NO3/c14-11(7-13(16)17)9-5-6-12(15)10-4-2-1-3-8(9)10/h1-6,11,15H,7,14H2,(H,16,17). The van der Waals surface area contributed by atoms with Crippen molar-refractivity contribution in [1.29, 1.82) is 0 Å². The van der Waals surface area contributed by atoms with Gasteiger partial charge in [-0.15, -0.1) is 0 Å². The Labute approximate surface area is 98.3 Å². The van der Waals surface area contributed by atoms with E-state index in [4.69, 9.17) is 10.8 Å². The van der Waals surface area contributed by atoms with Crippen molar-refractivity contribution in [1.82, 2.24) is 0 Å². The molecule has 4 nitrogen and oxygen atoms in total. The summed E-state index contributed by atoms with van der Waals surface area (Å²) in [5, 5.41) is 19.9. The third kappa shape index (κ3) is 2.21. The van der Waals surface area contributed by atoms with Crippen molar-refractivity contribution in [2.75, 3.05) is 0 Å². The quantitative estimate of drug-likeness (QED) is 0.754. The number of benzene rings is 2. The molecule has 0 aliphatic rings. The van der Waals surface area contributed by atoms with Gasteiger partial charge in [0.25, 0.3) is 0 Å². The van der Waals surface area contributed by atoms with Gasteiger partial charge in [-0.2, -0.15) is 0 Å². The van der Waals surface area contributed by atoms with Crippen molar-refractivity contribution in [3.8, 4) is 5.75 Å². The monoisotopic (exact) mass is 231 g/mol. The van der Waals surface area contributed by atoms with Gasteiger partial charge >= 0.3 is 5.97 Å². The number of phenols is 1. The number of carbonyl (C=O) groups is 1. The van der Waals surface area contributed by atoms with Crippen molar-refractivity contribution in [3.63, 3.8) is 0 Å². The summed E-state index contributed by atoms with van der Waals surface area (Å²) in [4.78, 5) is 10.7. The van der Waals surface area contributed by atoms with Crippen molar-refractivity contribution < 1.29 is 15.0 Å². The van der Waals surface area contributed by atoms with Crippen molar-refractivity contribution >= 4 is 16.7 Å². The maximum Gasteiger partial charge on any atom is 0.305 e. The number of carboxylic acids is 1. The smallest absolute Gasteiger partial charge is 0.305 e. The molecule has 0 fully saturated rings. The molecule has 0 aromatic heterocycles. The maximum absolute atomic E-state index is 10.7. The summed E-state index contributed by atoms with van der Waals surface area (Å²) in [6, 6.07) is 9.89. The highest BCUT2D eigenvalue weighted by atomic mass is 16.4. The normalized spacial score (nSPS) is 12.5. The van der Waals surface area contributed by atoms with E-state index in [1.807, 2.05) is 18.2 Å². The number of aliphatic carboxylic acids is 1. The molecule has 0 bridgehead atoms. The summed E-state index contributed by atoms with van der Waals surface area (Å²) in [7, 11) is 0.